The first-order valence-corrected chi connectivity index (χ1v) is 10.6. The van der Waals surface area contributed by atoms with Gasteiger partial charge in [-0.3, -0.25) is 14.6 Å². The maximum atomic E-state index is 12.8. The molecule has 10 nitrogen and oxygen atoms in total. The monoisotopic (exact) mass is 441 g/mol. The van der Waals surface area contributed by atoms with E-state index >= 15 is 0 Å². The standard InChI is InChI=1S/C22H31N7O3/c1-15-5-6-17-13-16(7-8-29(17)26-20(15)28-9-11-32-12-10-28)25-21(30)19(24-2)18(14-23)22(31)27(3)4/h6-8,13-15H,5,9-12,23H2,1-4H3,(H,25,30). The van der Waals surface area contributed by atoms with Crippen LogP contribution in [-0.4, -0.2) is 85.6 Å². The van der Waals surface area contributed by atoms with Gasteiger partial charge in [-0.25, -0.2) is 5.01 Å². The second-order valence-electron chi connectivity index (χ2n) is 7.89. The number of morpholine rings is 1. The molecule has 3 aliphatic heterocycles. The first kappa shape index (κ1) is 23.3. The van der Waals surface area contributed by atoms with Gasteiger partial charge in [-0.2, -0.15) is 5.10 Å². The minimum absolute atomic E-state index is 0.0287. The molecule has 1 fully saturated rings. The molecule has 3 heterocycles. The van der Waals surface area contributed by atoms with E-state index in [2.05, 4.69) is 28.2 Å². The highest BCUT2D eigenvalue weighted by atomic mass is 16.5. The highest BCUT2D eigenvalue weighted by molar-refractivity contribution is 6.51. The Morgan fingerprint density at radius 2 is 2.06 bits per heavy atom. The van der Waals surface area contributed by atoms with Crippen molar-refractivity contribution < 1.29 is 14.3 Å². The number of carbonyl (C=O) groups excluding carboxylic acids is 2. The normalized spacial score (nSPS) is 21.8. The lowest BCUT2D eigenvalue weighted by molar-refractivity contribution is -0.124. The van der Waals surface area contributed by atoms with E-state index in [9.17, 15) is 9.59 Å². The summed E-state index contributed by atoms with van der Waals surface area (Å²) in [5.41, 5.74) is 7.06. The van der Waals surface area contributed by atoms with Crippen molar-refractivity contribution in [2.75, 3.05) is 47.4 Å². The van der Waals surface area contributed by atoms with Crippen LogP contribution in [0.4, 0.5) is 0 Å². The molecule has 0 aliphatic carbocycles. The van der Waals surface area contributed by atoms with Crippen molar-refractivity contribution >= 4 is 23.4 Å². The Kier molecular flexibility index (Phi) is 7.47. The predicted molar refractivity (Wildman–Crippen MR) is 123 cm³/mol. The average Bonchev–Trinajstić information content (AvgIpc) is 2.96. The molecular weight excluding hydrogens is 410 g/mol. The Morgan fingerprint density at radius 1 is 1.34 bits per heavy atom. The Labute approximate surface area is 188 Å². The molecule has 2 amide bonds. The van der Waals surface area contributed by atoms with Gasteiger partial charge in [0.25, 0.3) is 11.8 Å². The summed E-state index contributed by atoms with van der Waals surface area (Å²) in [6.45, 7) is 5.22. The summed E-state index contributed by atoms with van der Waals surface area (Å²) in [5.74, 6) is 0.390. The number of hydrogen-bond acceptors (Lipinski definition) is 8. The van der Waals surface area contributed by atoms with E-state index in [1.165, 1.54) is 11.9 Å². The fourth-order valence-electron chi connectivity index (χ4n) is 3.64. The van der Waals surface area contributed by atoms with Crippen molar-refractivity contribution in [2.24, 2.45) is 21.7 Å². The molecule has 1 atom stereocenters. The Hall–Kier alpha value is -3.40. The maximum Gasteiger partial charge on any atom is 0.274 e. The number of aliphatic imine (C=N–C) groups is 1. The van der Waals surface area contributed by atoms with Crippen LogP contribution in [0.15, 0.2) is 57.7 Å². The minimum atomic E-state index is -0.510. The third-order valence-corrected chi connectivity index (χ3v) is 5.38. The van der Waals surface area contributed by atoms with Crippen LogP contribution >= 0.6 is 0 Å². The topological polar surface area (TPSA) is 116 Å². The average molecular weight is 442 g/mol. The number of nitrogens with two attached hydrogens (primary N) is 1. The zero-order valence-electron chi connectivity index (χ0n) is 19.0. The summed E-state index contributed by atoms with van der Waals surface area (Å²) >= 11 is 0. The minimum Gasteiger partial charge on any atom is -0.404 e. The van der Waals surface area contributed by atoms with Crippen molar-refractivity contribution in [3.63, 3.8) is 0 Å². The van der Waals surface area contributed by atoms with Crippen molar-refractivity contribution in [1.29, 1.82) is 0 Å². The number of ether oxygens (including phenoxy) is 1. The molecule has 32 heavy (non-hydrogen) atoms. The summed E-state index contributed by atoms with van der Waals surface area (Å²) in [5, 5.41) is 9.49. The molecule has 0 saturated carbocycles. The molecule has 0 aromatic heterocycles. The maximum absolute atomic E-state index is 12.8. The number of carbonyl (C=O) groups is 2. The number of rotatable bonds is 4. The van der Waals surface area contributed by atoms with Crippen molar-refractivity contribution in [3.05, 3.63) is 47.6 Å². The molecular formula is C22H31N7O3. The van der Waals surface area contributed by atoms with Crippen LogP contribution in [0.25, 0.3) is 0 Å². The third-order valence-electron chi connectivity index (χ3n) is 5.38. The van der Waals surface area contributed by atoms with Crippen LogP contribution in [0, 0.1) is 5.92 Å². The summed E-state index contributed by atoms with van der Waals surface area (Å²) in [6.07, 6.45) is 9.46. The number of hydrogen-bond donors (Lipinski definition) is 2. The molecule has 172 valence electrons. The molecule has 3 N–H and O–H groups in total. The van der Waals surface area contributed by atoms with Gasteiger partial charge in [0.1, 0.15) is 11.5 Å². The van der Waals surface area contributed by atoms with Crippen LogP contribution in [-0.2, 0) is 14.3 Å². The zero-order valence-corrected chi connectivity index (χ0v) is 19.0. The molecule has 0 aromatic rings. The lowest BCUT2D eigenvalue weighted by atomic mass is 10.0. The fourth-order valence-corrected chi connectivity index (χ4v) is 3.64. The summed E-state index contributed by atoms with van der Waals surface area (Å²) in [7, 11) is 4.62. The number of fused-ring (bicyclic) bond motifs is 1. The lowest BCUT2D eigenvalue weighted by Crippen LogP contribution is -2.43. The third kappa shape index (κ3) is 5.08. The van der Waals surface area contributed by atoms with Crippen molar-refractivity contribution in [2.45, 2.75) is 13.3 Å². The number of likely N-dealkylation sites (N-methyl/N-ethyl adjacent to an activating group) is 1. The first-order chi connectivity index (χ1) is 15.3. The highest BCUT2D eigenvalue weighted by Gasteiger charge is 2.27. The molecule has 3 rings (SSSR count). The van der Waals surface area contributed by atoms with E-state index in [0.717, 1.165) is 37.2 Å². The van der Waals surface area contributed by atoms with Gasteiger partial charge in [-0.05, 0) is 18.6 Å². The van der Waals surface area contributed by atoms with Gasteiger partial charge in [0.15, 0.2) is 0 Å². The van der Waals surface area contributed by atoms with E-state index in [1.807, 2.05) is 17.3 Å². The number of nitrogens with one attached hydrogen (secondary N) is 1. The quantitative estimate of drug-likeness (QED) is 0.482. The molecule has 1 saturated heterocycles. The van der Waals surface area contributed by atoms with Gasteiger partial charge in [0, 0.05) is 58.2 Å². The highest BCUT2D eigenvalue weighted by Crippen LogP contribution is 2.25. The number of nitrogens with zero attached hydrogens (tertiary/aromatic N) is 5. The Morgan fingerprint density at radius 3 is 2.69 bits per heavy atom. The van der Waals surface area contributed by atoms with Gasteiger partial charge in [0.2, 0.25) is 0 Å². The van der Waals surface area contributed by atoms with Crippen LogP contribution in [0.2, 0.25) is 0 Å². The van der Waals surface area contributed by atoms with Gasteiger partial charge in [0.05, 0.1) is 24.5 Å². The number of allylic oxidation sites excluding steroid dienone is 3. The van der Waals surface area contributed by atoms with E-state index in [0.29, 0.717) is 18.9 Å². The first-order valence-electron chi connectivity index (χ1n) is 10.6. The second kappa shape index (κ2) is 10.3. The second-order valence-corrected chi connectivity index (χ2v) is 7.89. The molecule has 0 bridgehead atoms. The Bertz CT molecular complexity index is 937. The fraction of sp³-hybridized carbons (Fsp3) is 0.455. The van der Waals surface area contributed by atoms with Gasteiger partial charge in [-0.1, -0.05) is 13.0 Å². The van der Waals surface area contributed by atoms with E-state index in [-0.39, 0.29) is 17.2 Å². The number of amidine groups is 1. The smallest absolute Gasteiger partial charge is 0.274 e. The van der Waals surface area contributed by atoms with E-state index in [1.54, 1.807) is 20.2 Å². The van der Waals surface area contributed by atoms with E-state index < -0.39 is 11.8 Å². The molecule has 1 unspecified atom stereocenters. The molecule has 0 spiro atoms. The van der Waals surface area contributed by atoms with Crippen LogP contribution in [0.5, 0.6) is 0 Å². The number of amides is 2. The summed E-state index contributed by atoms with van der Waals surface area (Å²) in [6, 6.07) is 0. The van der Waals surface area contributed by atoms with Gasteiger partial charge >= 0.3 is 0 Å². The molecule has 3 aliphatic rings. The molecule has 0 radical (unpaired) electrons. The van der Waals surface area contributed by atoms with Crippen molar-refractivity contribution in [3.8, 4) is 0 Å². The summed E-state index contributed by atoms with van der Waals surface area (Å²) < 4.78 is 5.46. The molecule has 0 aromatic carbocycles. The van der Waals surface area contributed by atoms with Crippen LogP contribution in [0.1, 0.15) is 13.3 Å². The van der Waals surface area contributed by atoms with Gasteiger partial charge in [-0.15, -0.1) is 0 Å². The van der Waals surface area contributed by atoms with Gasteiger partial charge < -0.3 is 25.6 Å². The SMILES string of the molecule is CN=C(C(=O)NC1=CC2=CCC(C)C(N3CCOCC3)=NN2C=C1)C(=CN)C(=O)N(C)C. The Balaban J connectivity index is 1.76. The predicted octanol–water partition coefficient (Wildman–Crippen LogP) is 0.387. The van der Waals surface area contributed by atoms with Crippen LogP contribution < -0.4 is 11.1 Å². The van der Waals surface area contributed by atoms with Crippen molar-refractivity contribution in [1.82, 2.24) is 20.1 Å². The lowest BCUT2D eigenvalue weighted by Gasteiger charge is -2.32. The largest absolute Gasteiger partial charge is 0.404 e. The van der Waals surface area contributed by atoms with E-state index in [4.69, 9.17) is 15.6 Å². The summed E-state index contributed by atoms with van der Waals surface area (Å²) in [4.78, 5) is 32.8. The zero-order chi connectivity index (χ0) is 23.3. The number of hydrazone groups is 1. The van der Waals surface area contributed by atoms with Crippen LogP contribution in [0.3, 0.4) is 0 Å². The molecule has 10 heteroatoms.